The van der Waals surface area contributed by atoms with Crippen LogP contribution in [-0.4, -0.2) is 63.0 Å². The van der Waals surface area contributed by atoms with E-state index in [4.69, 9.17) is 14.5 Å². The summed E-state index contributed by atoms with van der Waals surface area (Å²) < 4.78 is 11.1. The minimum Gasteiger partial charge on any atom is -0.379 e. The van der Waals surface area contributed by atoms with Gasteiger partial charge in [-0.05, 0) is 56.8 Å². The maximum absolute atomic E-state index is 5.81. The standard InChI is InChI=1S/C23H38N4O2/c1-2-24-23(25-12-6-15-29-22-11-16-28-19-22)26-17-20-7-9-21(10-8-20)18-27-13-4-3-5-14-27/h7-10,22H,2-6,11-19H2,1H3,(H2,24,25,26). The third-order valence-corrected chi connectivity index (χ3v) is 5.50. The normalized spacial score (nSPS) is 20.7. The van der Waals surface area contributed by atoms with Crippen molar-refractivity contribution in [2.45, 2.75) is 58.2 Å². The van der Waals surface area contributed by atoms with Crippen LogP contribution in [0.2, 0.25) is 0 Å². The monoisotopic (exact) mass is 402 g/mol. The van der Waals surface area contributed by atoms with E-state index in [0.29, 0.717) is 6.54 Å². The Bertz CT molecular complexity index is 593. The number of hydrogen-bond acceptors (Lipinski definition) is 4. The lowest BCUT2D eigenvalue weighted by Gasteiger charge is -2.26. The van der Waals surface area contributed by atoms with Crippen LogP contribution in [0.5, 0.6) is 0 Å². The van der Waals surface area contributed by atoms with Crippen LogP contribution in [0, 0.1) is 0 Å². The van der Waals surface area contributed by atoms with Crippen LogP contribution in [0.15, 0.2) is 29.3 Å². The molecule has 2 aliphatic heterocycles. The predicted molar refractivity (Wildman–Crippen MR) is 118 cm³/mol. The van der Waals surface area contributed by atoms with Crippen molar-refractivity contribution >= 4 is 5.96 Å². The van der Waals surface area contributed by atoms with E-state index < -0.39 is 0 Å². The number of piperidine rings is 1. The molecule has 2 aliphatic rings. The van der Waals surface area contributed by atoms with Gasteiger partial charge in [0.1, 0.15) is 0 Å². The molecule has 0 aromatic heterocycles. The van der Waals surface area contributed by atoms with Crippen molar-refractivity contribution in [3.05, 3.63) is 35.4 Å². The molecule has 1 unspecified atom stereocenters. The van der Waals surface area contributed by atoms with Crippen molar-refractivity contribution in [2.75, 3.05) is 46.0 Å². The van der Waals surface area contributed by atoms with Crippen LogP contribution in [0.4, 0.5) is 0 Å². The highest BCUT2D eigenvalue weighted by Crippen LogP contribution is 2.14. The minimum absolute atomic E-state index is 0.287. The van der Waals surface area contributed by atoms with Crippen molar-refractivity contribution in [3.8, 4) is 0 Å². The van der Waals surface area contributed by atoms with Crippen LogP contribution >= 0.6 is 0 Å². The lowest BCUT2D eigenvalue weighted by atomic mass is 10.1. The van der Waals surface area contributed by atoms with Gasteiger partial charge in [-0.3, -0.25) is 4.90 Å². The maximum Gasteiger partial charge on any atom is 0.191 e. The van der Waals surface area contributed by atoms with Crippen molar-refractivity contribution in [2.24, 2.45) is 4.99 Å². The van der Waals surface area contributed by atoms with Crippen LogP contribution in [0.3, 0.4) is 0 Å². The Morgan fingerprint density at radius 2 is 1.93 bits per heavy atom. The molecule has 3 rings (SSSR count). The van der Waals surface area contributed by atoms with E-state index in [2.05, 4.69) is 46.7 Å². The molecule has 0 bridgehead atoms. The molecule has 1 aromatic carbocycles. The van der Waals surface area contributed by atoms with Crippen molar-refractivity contribution in [1.82, 2.24) is 15.5 Å². The number of rotatable bonds is 10. The number of hydrogen-bond donors (Lipinski definition) is 2. The Morgan fingerprint density at radius 3 is 2.66 bits per heavy atom. The smallest absolute Gasteiger partial charge is 0.191 e. The summed E-state index contributed by atoms with van der Waals surface area (Å²) >= 11 is 0. The molecule has 1 atom stereocenters. The summed E-state index contributed by atoms with van der Waals surface area (Å²) in [5.41, 5.74) is 2.64. The Hall–Kier alpha value is -1.63. The van der Waals surface area contributed by atoms with E-state index in [9.17, 15) is 0 Å². The minimum atomic E-state index is 0.287. The first kappa shape index (κ1) is 22.1. The lowest BCUT2D eigenvalue weighted by molar-refractivity contribution is 0.0420. The maximum atomic E-state index is 5.81. The van der Waals surface area contributed by atoms with E-state index in [1.54, 1.807) is 0 Å². The zero-order valence-corrected chi connectivity index (χ0v) is 18.0. The average molecular weight is 403 g/mol. The van der Waals surface area contributed by atoms with Gasteiger partial charge in [0.25, 0.3) is 0 Å². The first-order valence-corrected chi connectivity index (χ1v) is 11.3. The quantitative estimate of drug-likeness (QED) is 0.358. The second-order valence-corrected chi connectivity index (χ2v) is 7.99. The highest BCUT2D eigenvalue weighted by molar-refractivity contribution is 5.79. The van der Waals surface area contributed by atoms with Gasteiger partial charge in [0.15, 0.2) is 5.96 Å². The number of ether oxygens (including phenoxy) is 2. The van der Waals surface area contributed by atoms with E-state index in [1.165, 1.54) is 43.5 Å². The third-order valence-electron chi connectivity index (χ3n) is 5.50. The zero-order chi connectivity index (χ0) is 20.2. The fourth-order valence-corrected chi connectivity index (χ4v) is 3.81. The van der Waals surface area contributed by atoms with Crippen molar-refractivity contribution in [1.29, 1.82) is 0 Å². The topological polar surface area (TPSA) is 58.1 Å². The molecule has 1 aromatic rings. The van der Waals surface area contributed by atoms with Crippen molar-refractivity contribution in [3.63, 3.8) is 0 Å². The van der Waals surface area contributed by atoms with Gasteiger partial charge in [-0.25, -0.2) is 4.99 Å². The van der Waals surface area contributed by atoms with Gasteiger partial charge in [-0.2, -0.15) is 0 Å². The van der Waals surface area contributed by atoms with Crippen LogP contribution < -0.4 is 10.6 Å². The van der Waals surface area contributed by atoms with Crippen LogP contribution in [-0.2, 0) is 22.6 Å². The van der Waals surface area contributed by atoms with Gasteiger partial charge >= 0.3 is 0 Å². The summed E-state index contributed by atoms with van der Waals surface area (Å²) in [4.78, 5) is 7.29. The number of nitrogens with zero attached hydrogens (tertiary/aromatic N) is 2. The molecule has 0 radical (unpaired) electrons. The molecule has 2 saturated heterocycles. The second-order valence-electron chi connectivity index (χ2n) is 7.99. The summed E-state index contributed by atoms with van der Waals surface area (Å²) in [5.74, 6) is 0.870. The van der Waals surface area contributed by atoms with Gasteiger partial charge in [0.05, 0.1) is 19.3 Å². The molecule has 0 amide bonds. The lowest BCUT2D eigenvalue weighted by Crippen LogP contribution is -2.38. The molecule has 29 heavy (non-hydrogen) atoms. The first-order chi connectivity index (χ1) is 14.3. The fourth-order valence-electron chi connectivity index (χ4n) is 3.81. The summed E-state index contributed by atoms with van der Waals surface area (Å²) in [7, 11) is 0. The van der Waals surface area contributed by atoms with Gasteiger partial charge in [-0.15, -0.1) is 0 Å². The SMILES string of the molecule is CCNC(=NCc1ccc(CN2CCCCC2)cc1)NCCCOC1CCOC1. The van der Waals surface area contributed by atoms with Crippen LogP contribution in [0.25, 0.3) is 0 Å². The molecular formula is C23H38N4O2. The number of benzene rings is 1. The molecular weight excluding hydrogens is 364 g/mol. The molecule has 0 aliphatic carbocycles. The molecule has 162 valence electrons. The van der Waals surface area contributed by atoms with Gasteiger partial charge in [0.2, 0.25) is 0 Å². The van der Waals surface area contributed by atoms with Gasteiger partial charge in [0, 0.05) is 32.8 Å². The molecule has 2 fully saturated rings. The summed E-state index contributed by atoms with van der Waals surface area (Å²) in [6.45, 7) is 10.4. The molecule has 6 heteroatoms. The Kier molecular flexibility index (Phi) is 9.76. The van der Waals surface area contributed by atoms with E-state index >= 15 is 0 Å². The van der Waals surface area contributed by atoms with Gasteiger partial charge < -0.3 is 20.1 Å². The largest absolute Gasteiger partial charge is 0.379 e. The average Bonchev–Trinajstić information content (AvgIpc) is 3.27. The fraction of sp³-hybridized carbons (Fsp3) is 0.696. The Labute approximate surface area is 176 Å². The third kappa shape index (κ3) is 8.33. The van der Waals surface area contributed by atoms with E-state index in [1.807, 2.05) is 0 Å². The van der Waals surface area contributed by atoms with E-state index in [-0.39, 0.29) is 6.10 Å². The highest BCUT2D eigenvalue weighted by Gasteiger charge is 2.15. The van der Waals surface area contributed by atoms with Gasteiger partial charge in [-0.1, -0.05) is 30.7 Å². The summed E-state index contributed by atoms with van der Waals surface area (Å²) in [5, 5.41) is 6.72. The summed E-state index contributed by atoms with van der Waals surface area (Å²) in [6, 6.07) is 8.93. The number of aliphatic imine (C=N–C) groups is 1. The van der Waals surface area contributed by atoms with Crippen LogP contribution in [0.1, 0.15) is 50.2 Å². The molecule has 0 spiro atoms. The Morgan fingerprint density at radius 1 is 1.14 bits per heavy atom. The number of likely N-dealkylation sites (tertiary alicyclic amines) is 1. The summed E-state index contributed by atoms with van der Waals surface area (Å²) in [6.07, 6.45) is 6.34. The zero-order valence-electron chi connectivity index (χ0n) is 18.0. The number of nitrogens with one attached hydrogen (secondary N) is 2. The van der Waals surface area contributed by atoms with E-state index in [0.717, 1.165) is 58.3 Å². The Balaban J connectivity index is 1.37. The highest BCUT2D eigenvalue weighted by atomic mass is 16.5. The molecule has 0 saturated carbocycles. The molecule has 2 N–H and O–H groups in total. The molecule has 6 nitrogen and oxygen atoms in total. The second kappa shape index (κ2) is 12.8. The predicted octanol–water partition coefficient (Wildman–Crippen LogP) is 2.92. The van der Waals surface area contributed by atoms with Crippen molar-refractivity contribution < 1.29 is 9.47 Å². The first-order valence-electron chi connectivity index (χ1n) is 11.3. The number of guanidine groups is 1. The molecule has 2 heterocycles.